The van der Waals surface area contributed by atoms with E-state index >= 15 is 0 Å². The van der Waals surface area contributed by atoms with Crippen LogP contribution >= 0.6 is 37.7 Å². The Bertz CT molecular complexity index is 748. The smallest absolute Gasteiger partial charge is 0.157 e. The normalized spacial score (nSPS) is 37.1. The van der Waals surface area contributed by atoms with E-state index in [1.54, 1.807) is 14.2 Å². The number of methoxy groups -OCH3 is 2. The van der Waals surface area contributed by atoms with Crippen molar-refractivity contribution in [3.8, 4) is 0 Å². The highest BCUT2D eigenvalue weighted by atomic mass is 35.5. The number of ketones is 1. The van der Waals surface area contributed by atoms with Gasteiger partial charge in [-0.3, -0.25) is 9.69 Å². The van der Waals surface area contributed by atoms with Gasteiger partial charge in [0, 0.05) is 44.2 Å². The van der Waals surface area contributed by atoms with E-state index in [-0.39, 0.29) is 55.3 Å². The number of aliphatic hydroxyl groups is 2. The molecule has 0 bridgehead atoms. The average molecular weight is 508 g/mol. The molecule has 0 spiro atoms. The van der Waals surface area contributed by atoms with Crippen LogP contribution in [0, 0.1) is 17.8 Å². The topological polar surface area (TPSA) is 79.2 Å². The fourth-order valence-electron chi connectivity index (χ4n) is 5.94. The lowest BCUT2D eigenvalue weighted by molar-refractivity contribution is -0.134. The Morgan fingerprint density at radius 1 is 1.09 bits per heavy atom. The van der Waals surface area contributed by atoms with Crippen molar-refractivity contribution in [1.29, 1.82) is 0 Å². The van der Waals surface area contributed by atoms with Crippen LogP contribution in [0.25, 0.3) is 0 Å². The maximum Gasteiger partial charge on any atom is 0.157 e. The molecule has 6 atom stereocenters. The number of halogens is 1. The molecule has 2 N–H and O–H groups in total. The summed E-state index contributed by atoms with van der Waals surface area (Å²) in [5, 5.41) is 19.8. The molecule has 0 aromatic carbocycles. The molecule has 0 aromatic heterocycles. The second-order valence-electron chi connectivity index (χ2n) is 9.48. The number of carbonyl (C=O) groups excluding carboxylic acids is 1. The van der Waals surface area contributed by atoms with E-state index in [4.69, 9.17) is 34.7 Å². The van der Waals surface area contributed by atoms with Gasteiger partial charge >= 0.3 is 0 Å². The van der Waals surface area contributed by atoms with Gasteiger partial charge in [0.25, 0.3) is 0 Å². The number of ether oxygens (including phenoxy) is 2. The molecule has 32 heavy (non-hydrogen) atoms. The minimum absolute atomic E-state index is 0. The van der Waals surface area contributed by atoms with Gasteiger partial charge in [0.05, 0.1) is 23.7 Å². The fourth-order valence-corrected chi connectivity index (χ4v) is 7.16. The number of hydrogen-bond donors (Lipinski definition) is 4. The zero-order valence-corrected chi connectivity index (χ0v) is 22.0. The zero-order valence-electron chi connectivity index (χ0n) is 19.4. The van der Waals surface area contributed by atoms with E-state index in [1.807, 2.05) is 12.2 Å². The van der Waals surface area contributed by atoms with Crippen molar-refractivity contribution in [3.63, 3.8) is 0 Å². The van der Waals surface area contributed by atoms with E-state index in [0.29, 0.717) is 43.2 Å². The van der Waals surface area contributed by atoms with Gasteiger partial charge in [-0.1, -0.05) is 13.8 Å². The molecule has 0 radical (unpaired) electrons. The maximum atomic E-state index is 13.2. The summed E-state index contributed by atoms with van der Waals surface area (Å²) in [7, 11) is 3.18. The van der Waals surface area contributed by atoms with Crippen molar-refractivity contribution in [3.05, 3.63) is 23.7 Å². The molecular formula is C23H38ClNO5S2. The number of fused-ring (bicyclic) bond motifs is 3. The SMILES string of the molecule is COC1=CC2(S)C(CCO)C(CCO)N3CC(CC(C)C)C(=O)CC3C2(S)C=C1OC.Cl. The maximum absolute atomic E-state index is 13.2. The predicted molar refractivity (Wildman–Crippen MR) is 135 cm³/mol. The first kappa shape index (κ1) is 27.9. The summed E-state index contributed by atoms with van der Waals surface area (Å²) in [4.78, 5) is 15.5. The van der Waals surface area contributed by atoms with Crippen LogP contribution in [0.3, 0.4) is 0 Å². The van der Waals surface area contributed by atoms with E-state index < -0.39 is 9.49 Å². The Kier molecular flexibility index (Phi) is 9.50. The quantitative estimate of drug-likeness (QED) is 0.378. The van der Waals surface area contributed by atoms with Crippen LogP contribution in [0.4, 0.5) is 0 Å². The second-order valence-corrected chi connectivity index (χ2v) is 11.0. The molecule has 3 aliphatic rings. The van der Waals surface area contributed by atoms with Crippen LogP contribution in [0.1, 0.15) is 39.5 Å². The van der Waals surface area contributed by atoms with Crippen LogP contribution < -0.4 is 0 Å². The number of piperidine rings is 2. The Morgan fingerprint density at radius 3 is 2.16 bits per heavy atom. The van der Waals surface area contributed by atoms with E-state index in [2.05, 4.69) is 18.7 Å². The summed E-state index contributed by atoms with van der Waals surface area (Å²) in [5.74, 6) is 1.70. The Morgan fingerprint density at radius 2 is 1.66 bits per heavy atom. The molecule has 0 saturated carbocycles. The van der Waals surface area contributed by atoms with Crippen molar-refractivity contribution in [2.75, 3.05) is 34.0 Å². The number of hydrogen-bond acceptors (Lipinski definition) is 8. The molecule has 0 amide bonds. The highest BCUT2D eigenvalue weighted by Gasteiger charge is 2.65. The summed E-state index contributed by atoms with van der Waals surface area (Å²) in [6.07, 6.45) is 6.15. The molecule has 3 rings (SSSR count). The highest BCUT2D eigenvalue weighted by molar-refractivity contribution is 7.86. The van der Waals surface area contributed by atoms with Gasteiger partial charge in [0.1, 0.15) is 5.78 Å². The highest BCUT2D eigenvalue weighted by Crippen LogP contribution is 2.58. The summed E-state index contributed by atoms with van der Waals surface area (Å²) >= 11 is 10.4. The van der Waals surface area contributed by atoms with E-state index in [9.17, 15) is 15.0 Å². The fraction of sp³-hybridized carbons (Fsp3) is 0.783. The van der Waals surface area contributed by atoms with Gasteiger partial charge in [0.15, 0.2) is 11.5 Å². The molecule has 0 aromatic rings. The molecular weight excluding hydrogens is 470 g/mol. The molecule has 2 fully saturated rings. The van der Waals surface area contributed by atoms with Gasteiger partial charge < -0.3 is 19.7 Å². The molecule has 184 valence electrons. The van der Waals surface area contributed by atoms with Gasteiger partial charge in [-0.2, -0.15) is 25.3 Å². The van der Waals surface area contributed by atoms with Gasteiger partial charge in [-0.05, 0) is 43.3 Å². The summed E-state index contributed by atoms with van der Waals surface area (Å²) in [6.45, 7) is 4.95. The van der Waals surface area contributed by atoms with Gasteiger partial charge in [-0.25, -0.2) is 0 Å². The van der Waals surface area contributed by atoms with E-state index in [1.165, 1.54) is 0 Å². The van der Waals surface area contributed by atoms with Crippen LogP contribution in [-0.4, -0.2) is 76.5 Å². The Labute approximate surface area is 209 Å². The number of aliphatic hydroxyl groups excluding tert-OH is 2. The third kappa shape index (κ3) is 4.60. The second kappa shape index (κ2) is 10.9. The van der Waals surface area contributed by atoms with Crippen LogP contribution in [0.5, 0.6) is 0 Å². The molecule has 2 aliphatic heterocycles. The first-order valence-corrected chi connectivity index (χ1v) is 12.0. The van der Waals surface area contributed by atoms with Gasteiger partial charge in [0.2, 0.25) is 0 Å². The predicted octanol–water partition coefficient (Wildman–Crippen LogP) is 2.89. The van der Waals surface area contributed by atoms with Crippen molar-refractivity contribution >= 4 is 43.4 Å². The summed E-state index contributed by atoms with van der Waals surface area (Å²) in [6, 6.07) is -0.231. The van der Waals surface area contributed by atoms with Crippen LogP contribution in [-0.2, 0) is 14.3 Å². The minimum atomic E-state index is -0.812. The van der Waals surface area contributed by atoms with E-state index in [0.717, 1.165) is 6.42 Å². The summed E-state index contributed by atoms with van der Waals surface area (Å²) in [5.41, 5.74) is 0. The van der Waals surface area contributed by atoms with Crippen LogP contribution in [0.15, 0.2) is 23.7 Å². The third-order valence-corrected chi connectivity index (χ3v) is 9.10. The zero-order chi connectivity index (χ0) is 23.0. The minimum Gasteiger partial charge on any atom is -0.493 e. The van der Waals surface area contributed by atoms with Crippen molar-refractivity contribution in [2.45, 2.75) is 61.1 Å². The number of Topliss-reactive ketones (excluding diaryl/α,β-unsaturated/α-hetero) is 1. The third-order valence-electron chi connectivity index (χ3n) is 7.29. The first-order chi connectivity index (χ1) is 14.7. The van der Waals surface area contributed by atoms with Crippen molar-refractivity contribution < 1.29 is 24.5 Å². The molecule has 1 aliphatic carbocycles. The lowest BCUT2D eigenvalue weighted by atomic mass is 9.62. The standard InChI is InChI=1S/C23H37NO5S2.ClH/c1-14(2)9-15-13-24-17(6-8-26)16(5-7-25)22(30)11-19(28-3)20(29-4)12-23(22,31)21(24)10-18(15)27;/h11-12,14-17,21,25-26,30-31H,5-10,13H2,1-4H3;1H. The first-order valence-electron chi connectivity index (χ1n) is 11.2. The number of rotatable bonds is 8. The van der Waals surface area contributed by atoms with Crippen molar-refractivity contribution in [2.24, 2.45) is 17.8 Å². The number of carbonyl (C=O) groups is 1. The summed E-state index contributed by atoms with van der Waals surface area (Å²) < 4.78 is 9.58. The van der Waals surface area contributed by atoms with Gasteiger partial charge in [-0.15, -0.1) is 12.4 Å². The monoisotopic (exact) mass is 507 g/mol. The number of thiol groups is 2. The molecule has 2 heterocycles. The number of nitrogens with zero attached hydrogens (tertiary/aromatic N) is 1. The Balaban J connectivity index is 0.00000363. The van der Waals surface area contributed by atoms with Crippen molar-refractivity contribution in [1.82, 2.24) is 4.90 Å². The molecule has 2 saturated heterocycles. The molecule has 9 heteroatoms. The molecule has 6 unspecified atom stereocenters. The lowest BCUT2D eigenvalue weighted by Gasteiger charge is -2.64. The largest absolute Gasteiger partial charge is 0.493 e. The van der Waals surface area contributed by atoms with Crippen LogP contribution in [0.2, 0.25) is 0 Å². The molecule has 6 nitrogen and oxygen atoms in total. The average Bonchev–Trinajstić information content (AvgIpc) is 2.72. The Hall–Kier alpha value is -0.380. The lowest BCUT2D eigenvalue weighted by Crippen LogP contribution is -2.74.